The van der Waals surface area contributed by atoms with Gasteiger partial charge in [-0.1, -0.05) is 43.0 Å². The van der Waals surface area contributed by atoms with Gasteiger partial charge in [-0.3, -0.25) is 4.90 Å². The van der Waals surface area contributed by atoms with E-state index < -0.39 is 18.1 Å². The summed E-state index contributed by atoms with van der Waals surface area (Å²) in [6, 6.07) is 14.1. The normalized spacial score (nSPS) is 15.8. The molecule has 0 aliphatic carbocycles. The molecule has 2 aromatic carbocycles. The largest absolute Gasteiger partial charge is 0.454 e. The van der Waals surface area contributed by atoms with Crippen molar-refractivity contribution >= 4 is 23.4 Å². The number of hydrogen-bond acceptors (Lipinski definition) is 3. The molecule has 0 spiro atoms. The van der Waals surface area contributed by atoms with Crippen LogP contribution in [0.3, 0.4) is 0 Å². The minimum atomic E-state index is -0.583. The molecule has 23 heavy (non-hydrogen) atoms. The van der Waals surface area contributed by atoms with Crippen LogP contribution in [0.5, 0.6) is 0 Å². The first-order chi connectivity index (χ1) is 11.1. The standard InChI is InChI=1S/C18H16N2O3/c1-2-17(21)23-16-11-12-7-3-5-9-14(12)20(18(19)22)15-10-6-4-8-13(15)16/h2-10,16H,1,11H2,(H2,19,22)/t16-/m0/s1. The summed E-state index contributed by atoms with van der Waals surface area (Å²) in [5.41, 5.74) is 8.53. The van der Waals surface area contributed by atoms with E-state index in [9.17, 15) is 9.59 Å². The molecule has 0 radical (unpaired) electrons. The Kier molecular flexibility index (Phi) is 3.85. The van der Waals surface area contributed by atoms with Crippen LogP contribution in [-0.4, -0.2) is 12.0 Å². The summed E-state index contributed by atoms with van der Waals surface area (Å²) in [5.74, 6) is -0.505. The van der Waals surface area contributed by atoms with Crippen molar-refractivity contribution in [1.82, 2.24) is 0 Å². The lowest BCUT2D eigenvalue weighted by Gasteiger charge is -2.23. The molecule has 5 nitrogen and oxygen atoms in total. The highest BCUT2D eigenvalue weighted by Crippen LogP contribution is 2.41. The smallest absolute Gasteiger partial charge is 0.330 e. The molecule has 3 rings (SSSR count). The number of ether oxygens (including phenoxy) is 1. The Morgan fingerprint density at radius 3 is 2.48 bits per heavy atom. The van der Waals surface area contributed by atoms with Crippen molar-refractivity contribution in [1.29, 1.82) is 0 Å². The topological polar surface area (TPSA) is 72.6 Å². The zero-order chi connectivity index (χ0) is 16.4. The van der Waals surface area contributed by atoms with Crippen LogP contribution in [0.1, 0.15) is 17.2 Å². The first kappa shape index (κ1) is 14.8. The second-order valence-electron chi connectivity index (χ2n) is 5.19. The van der Waals surface area contributed by atoms with Gasteiger partial charge < -0.3 is 10.5 Å². The fourth-order valence-corrected chi connectivity index (χ4v) is 2.84. The van der Waals surface area contributed by atoms with Crippen LogP contribution < -0.4 is 10.6 Å². The Bertz CT molecular complexity index is 785. The van der Waals surface area contributed by atoms with Gasteiger partial charge in [0.2, 0.25) is 0 Å². The zero-order valence-electron chi connectivity index (χ0n) is 12.4. The van der Waals surface area contributed by atoms with E-state index >= 15 is 0 Å². The lowest BCUT2D eigenvalue weighted by molar-refractivity contribution is -0.143. The Balaban J connectivity index is 2.20. The maximum atomic E-state index is 12.0. The number of fused-ring (bicyclic) bond motifs is 2. The van der Waals surface area contributed by atoms with E-state index in [4.69, 9.17) is 10.5 Å². The van der Waals surface area contributed by atoms with Crippen LogP contribution in [0.2, 0.25) is 0 Å². The molecule has 2 amide bonds. The molecular weight excluding hydrogens is 292 g/mol. The lowest BCUT2D eigenvalue weighted by atomic mass is 10.0. The molecule has 116 valence electrons. The molecule has 0 aromatic heterocycles. The molecule has 5 heteroatoms. The minimum Gasteiger partial charge on any atom is -0.454 e. The van der Waals surface area contributed by atoms with Gasteiger partial charge in [0.15, 0.2) is 0 Å². The molecule has 0 saturated carbocycles. The van der Waals surface area contributed by atoms with E-state index in [0.29, 0.717) is 17.8 Å². The Labute approximate surface area is 134 Å². The predicted octanol–water partition coefficient (Wildman–Crippen LogP) is 3.23. The molecule has 1 atom stereocenters. The van der Waals surface area contributed by atoms with Crippen molar-refractivity contribution in [2.45, 2.75) is 12.5 Å². The Hall–Kier alpha value is -3.08. The fraction of sp³-hybridized carbons (Fsp3) is 0.111. The molecule has 0 unspecified atom stereocenters. The second kappa shape index (κ2) is 5.96. The van der Waals surface area contributed by atoms with Crippen LogP contribution in [0, 0.1) is 0 Å². The number of carbonyl (C=O) groups is 2. The van der Waals surface area contributed by atoms with E-state index in [1.54, 1.807) is 6.07 Å². The molecule has 1 aliphatic heterocycles. The van der Waals surface area contributed by atoms with Crippen molar-refractivity contribution in [2.24, 2.45) is 5.73 Å². The highest BCUT2D eigenvalue weighted by atomic mass is 16.5. The van der Waals surface area contributed by atoms with E-state index in [1.165, 1.54) is 4.90 Å². The minimum absolute atomic E-state index is 0.455. The molecule has 0 saturated heterocycles. The number of carbonyl (C=O) groups excluding carboxylic acids is 2. The average molecular weight is 308 g/mol. The Morgan fingerprint density at radius 2 is 1.78 bits per heavy atom. The summed E-state index contributed by atoms with van der Waals surface area (Å²) >= 11 is 0. The van der Waals surface area contributed by atoms with Gasteiger partial charge in [-0.05, 0) is 17.7 Å². The molecule has 0 bridgehead atoms. The molecular formula is C18H16N2O3. The van der Waals surface area contributed by atoms with Crippen LogP contribution in [-0.2, 0) is 16.0 Å². The third-order valence-electron chi connectivity index (χ3n) is 3.81. The van der Waals surface area contributed by atoms with Crippen molar-refractivity contribution in [2.75, 3.05) is 4.90 Å². The highest BCUT2D eigenvalue weighted by Gasteiger charge is 2.30. The maximum Gasteiger partial charge on any atom is 0.330 e. The summed E-state index contributed by atoms with van der Waals surface area (Å²) in [7, 11) is 0. The van der Waals surface area contributed by atoms with Crippen molar-refractivity contribution in [3.05, 3.63) is 72.3 Å². The maximum absolute atomic E-state index is 12.0. The average Bonchev–Trinajstić information content (AvgIpc) is 2.69. The number of primary amides is 1. The first-order valence-corrected chi connectivity index (χ1v) is 7.21. The first-order valence-electron chi connectivity index (χ1n) is 7.21. The number of nitrogens with zero attached hydrogens (tertiary/aromatic N) is 1. The molecule has 2 N–H and O–H groups in total. The van der Waals surface area contributed by atoms with Gasteiger partial charge in [-0.25, -0.2) is 9.59 Å². The third kappa shape index (κ3) is 2.68. The summed E-state index contributed by atoms with van der Waals surface area (Å²) in [6.45, 7) is 3.43. The summed E-state index contributed by atoms with van der Waals surface area (Å²) < 4.78 is 5.50. The third-order valence-corrected chi connectivity index (χ3v) is 3.81. The number of urea groups is 1. The van der Waals surface area contributed by atoms with Gasteiger partial charge >= 0.3 is 12.0 Å². The van der Waals surface area contributed by atoms with Crippen LogP contribution in [0.15, 0.2) is 61.2 Å². The van der Waals surface area contributed by atoms with Crippen LogP contribution in [0.4, 0.5) is 16.2 Å². The summed E-state index contributed by atoms with van der Waals surface area (Å²) in [5, 5.41) is 0. The highest BCUT2D eigenvalue weighted by molar-refractivity contribution is 6.00. The van der Waals surface area contributed by atoms with Gasteiger partial charge in [0.25, 0.3) is 0 Å². The lowest BCUT2D eigenvalue weighted by Crippen LogP contribution is -2.32. The second-order valence-corrected chi connectivity index (χ2v) is 5.19. The van der Waals surface area contributed by atoms with Gasteiger partial charge in [-0.15, -0.1) is 0 Å². The van der Waals surface area contributed by atoms with Crippen molar-refractivity contribution in [3.63, 3.8) is 0 Å². The number of rotatable bonds is 2. The fourth-order valence-electron chi connectivity index (χ4n) is 2.84. The molecule has 1 heterocycles. The predicted molar refractivity (Wildman–Crippen MR) is 87.3 cm³/mol. The quantitative estimate of drug-likeness (QED) is 0.684. The van der Waals surface area contributed by atoms with Gasteiger partial charge in [-0.2, -0.15) is 0 Å². The number of nitrogens with two attached hydrogens (primary N) is 1. The van der Waals surface area contributed by atoms with Crippen molar-refractivity contribution in [3.8, 4) is 0 Å². The van der Waals surface area contributed by atoms with E-state index in [2.05, 4.69) is 6.58 Å². The van der Waals surface area contributed by atoms with E-state index in [-0.39, 0.29) is 0 Å². The summed E-state index contributed by atoms with van der Waals surface area (Å²) in [6.07, 6.45) is 1.07. The van der Waals surface area contributed by atoms with Gasteiger partial charge in [0.1, 0.15) is 6.10 Å². The number of anilines is 2. The number of esters is 1. The van der Waals surface area contributed by atoms with E-state index in [0.717, 1.165) is 17.2 Å². The van der Waals surface area contributed by atoms with Crippen LogP contribution >= 0.6 is 0 Å². The monoisotopic (exact) mass is 308 g/mol. The SMILES string of the molecule is C=CC(=O)O[C@H]1Cc2ccccc2N(C(N)=O)c2ccccc21. The number of para-hydroxylation sites is 2. The molecule has 2 aromatic rings. The zero-order valence-corrected chi connectivity index (χ0v) is 12.4. The van der Waals surface area contributed by atoms with Crippen molar-refractivity contribution < 1.29 is 14.3 Å². The molecule has 0 fully saturated rings. The Morgan fingerprint density at radius 1 is 1.13 bits per heavy atom. The molecule has 1 aliphatic rings. The summed E-state index contributed by atoms with van der Waals surface area (Å²) in [4.78, 5) is 25.2. The van der Waals surface area contributed by atoms with Gasteiger partial charge in [0.05, 0.1) is 11.4 Å². The number of amides is 2. The number of benzene rings is 2. The van der Waals surface area contributed by atoms with Crippen LogP contribution in [0.25, 0.3) is 0 Å². The van der Waals surface area contributed by atoms with E-state index in [1.807, 2.05) is 42.5 Å². The van der Waals surface area contributed by atoms with Gasteiger partial charge in [0, 0.05) is 18.1 Å². The number of hydrogen-bond donors (Lipinski definition) is 1.